The predicted octanol–water partition coefficient (Wildman–Crippen LogP) is 3.56. The van der Waals surface area contributed by atoms with Crippen LogP contribution in [0.25, 0.3) is 0 Å². The van der Waals surface area contributed by atoms with Crippen molar-refractivity contribution in [1.29, 1.82) is 0 Å². The van der Waals surface area contributed by atoms with Gasteiger partial charge >= 0.3 is 0 Å². The summed E-state index contributed by atoms with van der Waals surface area (Å²) in [5, 5.41) is 3.47. The standard InChI is InChI=1S/C15H25N/c1-5-15(4,12-16-6-2)11-14-9-7-8-13(3)10-14/h7-10,16H,5-6,11-12H2,1-4H3. The van der Waals surface area contributed by atoms with Crippen molar-refractivity contribution in [3.8, 4) is 0 Å². The van der Waals surface area contributed by atoms with Crippen LogP contribution in [0.4, 0.5) is 0 Å². The number of rotatable bonds is 6. The minimum atomic E-state index is 0.379. The number of nitrogens with one attached hydrogen (secondary N) is 1. The first-order valence-electron chi connectivity index (χ1n) is 6.36. The lowest BCUT2D eigenvalue weighted by atomic mass is 9.81. The van der Waals surface area contributed by atoms with E-state index in [2.05, 4.69) is 57.3 Å². The van der Waals surface area contributed by atoms with Gasteiger partial charge in [0.25, 0.3) is 0 Å². The van der Waals surface area contributed by atoms with Gasteiger partial charge in [-0.1, -0.05) is 50.6 Å². The van der Waals surface area contributed by atoms with E-state index in [-0.39, 0.29) is 0 Å². The molecule has 0 saturated heterocycles. The van der Waals surface area contributed by atoms with Crippen LogP contribution in [0.2, 0.25) is 0 Å². The van der Waals surface area contributed by atoms with Gasteiger partial charge in [-0.25, -0.2) is 0 Å². The molecule has 90 valence electrons. The van der Waals surface area contributed by atoms with E-state index in [0.29, 0.717) is 5.41 Å². The van der Waals surface area contributed by atoms with Crippen LogP contribution in [0.15, 0.2) is 24.3 Å². The largest absolute Gasteiger partial charge is 0.316 e. The highest BCUT2D eigenvalue weighted by atomic mass is 14.9. The molecule has 1 rings (SSSR count). The fourth-order valence-corrected chi connectivity index (χ4v) is 2.05. The predicted molar refractivity (Wildman–Crippen MR) is 71.8 cm³/mol. The highest BCUT2D eigenvalue weighted by Gasteiger charge is 2.21. The number of benzene rings is 1. The highest BCUT2D eigenvalue weighted by molar-refractivity contribution is 5.23. The summed E-state index contributed by atoms with van der Waals surface area (Å²) >= 11 is 0. The molecule has 1 nitrogen and oxygen atoms in total. The normalized spacial score (nSPS) is 14.8. The lowest BCUT2D eigenvalue weighted by molar-refractivity contribution is 0.293. The van der Waals surface area contributed by atoms with E-state index < -0.39 is 0 Å². The second-order valence-electron chi connectivity index (χ2n) is 5.11. The van der Waals surface area contributed by atoms with Gasteiger partial charge in [0.1, 0.15) is 0 Å². The van der Waals surface area contributed by atoms with Crippen LogP contribution in [0.5, 0.6) is 0 Å². The van der Waals surface area contributed by atoms with Crippen LogP contribution in [0.3, 0.4) is 0 Å². The zero-order valence-corrected chi connectivity index (χ0v) is 11.1. The lowest BCUT2D eigenvalue weighted by Crippen LogP contribution is -2.33. The first-order valence-corrected chi connectivity index (χ1v) is 6.36. The van der Waals surface area contributed by atoms with E-state index >= 15 is 0 Å². The Kier molecular flexibility index (Phi) is 5.01. The fraction of sp³-hybridized carbons (Fsp3) is 0.600. The van der Waals surface area contributed by atoms with Crippen LogP contribution in [-0.2, 0) is 6.42 Å². The summed E-state index contributed by atoms with van der Waals surface area (Å²) in [5.41, 5.74) is 3.20. The molecular formula is C15H25N. The maximum absolute atomic E-state index is 3.47. The Morgan fingerprint density at radius 2 is 2.00 bits per heavy atom. The lowest BCUT2D eigenvalue weighted by Gasteiger charge is -2.28. The average molecular weight is 219 g/mol. The van der Waals surface area contributed by atoms with Gasteiger partial charge < -0.3 is 5.32 Å². The van der Waals surface area contributed by atoms with Crippen LogP contribution in [-0.4, -0.2) is 13.1 Å². The van der Waals surface area contributed by atoms with Crippen molar-refractivity contribution in [2.45, 2.75) is 40.5 Å². The fourth-order valence-electron chi connectivity index (χ4n) is 2.05. The Bertz CT molecular complexity index is 319. The molecule has 0 aliphatic heterocycles. The Balaban J connectivity index is 2.68. The summed E-state index contributed by atoms with van der Waals surface area (Å²) < 4.78 is 0. The van der Waals surface area contributed by atoms with Crippen LogP contribution in [0, 0.1) is 12.3 Å². The van der Waals surface area contributed by atoms with E-state index in [9.17, 15) is 0 Å². The minimum absolute atomic E-state index is 0.379. The van der Waals surface area contributed by atoms with Gasteiger partial charge in [-0.3, -0.25) is 0 Å². The molecule has 0 aliphatic rings. The summed E-state index contributed by atoms with van der Waals surface area (Å²) in [7, 11) is 0. The Morgan fingerprint density at radius 1 is 1.25 bits per heavy atom. The third-order valence-electron chi connectivity index (χ3n) is 3.37. The molecule has 0 fully saturated rings. The summed E-state index contributed by atoms with van der Waals surface area (Å²) in [6.45, 7) is 11.2. The summed E-state index contributed by atoms with van der Waals surface area (Å²) in [6, 6.07) is 8.87. The summed E-state index contributed by atoms with van der Waals surface area (Å²) in [4.78, 5) is 0. The third-order valence-corrected chi connectivity index (χ3v) is 3.37. The van der Waals surface area contributed by atoms with Crippen molar-refractivity contribution in [3.63, 3.8) is 0 Å². The van der Waals surface area contributed by atoms with E-state index in [0.717, 1.165) is 19.5 Å². The average Bonchev–Trinajstić information content (AvgIpc) is 2.26. The van der Waals surface area contributed by atoms with Crippen LogP contribution < -0.4 is 5.32 Å². The maximum atomic E-state index is 3.47. The molecule has 0 bridgehead atoms. The molecule has 1 heteroatoms. The van der Waals surface area contributed by atoms with Crippen LogP contribution >= 0.6 is 0 Å². The molecule has 1 atom stereocenters. The smallest absolute Gasteiger partial charge is 0.000813 e. The molecule has 0 spiro atoms. The number of hydrogen-bond acceptors (Lipinski definition) is 1. The molecule has 0 amide bonds. The quantitative estimate of drug-likeness (QED) is 0.771. The minimum Gasteiger partial charge on any atom is -0.316 e. The molecule has 0 aliphatic carbocycles. The van der Waals surface area contributed by atoms with Crippen molar-refractivity contribution in [2.75, 3.05) is 13.1 Å². The molecular weight excluding hydrogens is 194 g/mol. The topological polar surface area (TPSA) is 12.0 Å². The second kappa shape index (κ2) is 6.05. The van der Waals surface area contributed by atoms with Gasteiger partial charge in [0, 0.05) is 6.54 Å². The molecule has 1 unspecified atom stereocenters. The Labute approximate surface area is 100 Å². The van der Waals surface area contributed by atoms with Crippen molar-refractivity contribution in [3.05, 3.63) is 35.4 Å². The summed E-state index contributed by atoms with van der Waals surface area (Å²) in [5.74, 6) is 0. The molecule has 0 radical (unpaired) electrons. The Morgan fingerprint density at radius 3 is 2.56 bits per heavy atom. The first kappa shape index (κ1) is 13.2. The molecule has 16 heavy (non-hydrogen) atoms. The zero-order valence-electron chi connectivity index (χ0n) is 11.1. The van der Waals surface area contributed by atoms with Gasteiger partial charge in [-0.2, -0.15) is 0 Å². The molecule has 0 aromatic heterocycles. The van der Waals surface area contributed by atoms with Gasteiger partial charge in [0.05, 0.1) is 0 Å². The monoisotopic (exact) mass is 219 g/mol. The van der Waals surface area contributed by atoms with E-state index in [4.69, 9.17) is 0 Å². The molecule has 1 aromatic rings. The molecule has 0 heterocycles. The van der Waals surface area contributed by atoms with Crippen molar-refractivity contribution in [1.82, 2.24) is 5.32 Å². The van der Waals surface area contributed by atoms with E-state index in [1.807, 2.05) is 0 Å². The van der Waals surface area contributed by atoms with E-state index in [1.165, 1.54) is 17.5 Å². The highest BCUT2D eigenvalue weighted by Crippen LogP contribution is 2.26. The van der Waals surface area contributed by atoms with Gasteiger partial charge in [0.15, 0.2) is 0 Å². The second-order valence-corrected chi connectivity index (χ2v) is 5.11. The number of hydrogen-bond donors (Lipinski definition) is 1. The van der Waals surface area contributed by atoms with E-state index in [1.54, 1.807) is 0 Å². The molecule has 1 N–H and O–H groups in total. The maximum Gasteiger partial charge on any atom is 0.000813 e. The third kappa shape index (κ3) is 3.97. The van der Waals surface area contributed by atoms with Gasteiger partial charge in [-0.05, 0) is 37.3 Å². The van der Waals surface area contributed by atoms with Crippen molar-refractivity contribution in [2.24, 2.45) is 5.41 Å². The Hall–Kier alpha value is -0.820. The van der Waals surface area contributed by atoms with Crippen LogP contribution in [0.1, 0.15) is 38.3 Å². The van der Waals surface area contributed by atoms with Gasteiger partial charge in [0.2, 0.25) is 0 Å². The zero-order chi connectivity index (χ0) is 12.0. The van der Waals surface area contributed by atoms with Crippen molar-refractivity contribution >= 4 is 0 Å². The van der Waals surface area contributed by atoms with Crippen molar-refractivity contribution < 1.29 is 0 Å². The SMILES string of the molecule is CCNCC(C)(CC)Cc1cccc(C)c1. The first-order chi connectivity index (χ1) is 7.59. The van der Waals surface area contributed by atoms with Gasteiger partial charge in [-0.15, -0.1) is 0 Å². The molecule has 0 saturated carbocycles. The number of aryl methyl sites for hydroxylation is 1. The summed E-state index contributed by atoms with van der Waals surface area (Å²) in [6.07, 6.45) is 2.38. The molecule has 1 aromatic carbocycles.